The number of hydrogen-bond acceptors (Lipinski definition) is 3. The third-order valence-corrected chi connectivity index (χ3v) is 3.14. The second kappa shape index (κ2) is 5.63. The van der Waals surface area contributed by atoms with Gasteiger partial charge in [0.05, 0.1) is 11.9 Å². The molecule has 104 valence electrons. The maximum absolute atomic E-state index is 10.9. The summed E-state index contributed by atoms with van der Waals surface area (Å²) in [6.07, 6.45) is 1.61. The summed E-state index contributed by atoms with van der Waals surface area (Å²) in [4.78, 5) is 15.2. The Labute approximate surface area is 121 Å². The van der Waals surface area contributed by atoms with E-state index in [2.05, 4.69) is 4.98 Å². The summed E-state index contributed by atoms with van der Waals surface area (Å²) < 4.78 is 5.92. The van der Waals surface area contributed by atoms with Crippen molar-refractivity contribution in [1.29, 1.82) is 0 Å². The van der Waals surface area contributed by atoms with Crippen molar-refractivity contribution in [2.45, 2.75) is 6.42 Å². The van der Waals surface area contributed by atoms with Crippen LogP contribution in [-0.4, -0.2) is 16.1 Å². The lowest BCUT2D eigenvalue weighted by atomic mass is 10.1. The van der Waals surface area contributed by atoms with Crippen LogP contribution in [0.3, 0.4) is 0 Å². The fraction of sp³-hybridized carbons (Fsp3) is 0.0588. The van der Waals surface area contributed by atoms with Crippen LogP contribution < -0.4 is 4.74 Å². The van der Waals surface area contributed by atoms with Crippen molar-refractivity contribution in [3.05, 3.63) is 66.4 Å². The number of ether oxygens (including phenoxy) is 1. The number of rotatable bonds is 4. The monoisotopic (exact) mass is 279 g/mol. The average Bonchev–Trinajstić information content (AvgIpc) is 2.49. The molecule has 3 aromatic rings. The standard InChI is InChI=1S/C17H13NO3/c19-17(20)11-12-5-1-4-8-15(12)21-16-9-10-18-14-7-3-2-6-13(14)16/h1-10H,11H2,(H,19,20). The van der Waals surface area contributed by atoms with E-state index in [4.69, 9.17) is 9.84 Å². The number of benzene rings is 2. The van der Waals surface area contributed by atoms with Gasteiger partial charge in [-0.15, -0.1) is 0 Å². The van der Waals surface area contributed by atoms with E-state index in [1.165, 1.54) is 0 Å². The molecule has 3 rings (SSSR count). The molecule has 21 heavy (non-hydrogen) atoms. The summed E-state index contributed by atoms with van der Waals surface area (Å²) in [5.74, 6) is 0.334. The van der Waals surface area contributed by atoms with Crippen LogP contribution in [0.15, 0.2) is 60.8 Å². The third-order valence-electron chi connectivity index (χ3n) is 3.14. The van der Waals surface area contributed by atoms with Crippen molar-refractivity contribution in [3.8, 4) is 11.5 Å². The maximum atomic E-state index is 10.9. The highest BCUT2D eigenvalue weighted by Gasteiger charge is 2.10. The van der Waals surface area contributed by atoms with Gasteiger partial charge < -0.3 is 9.84 Å². The minimum absolute atomic E-state index is 0.0702. The van der Waals surface area contributed by atoms with Gasteiger partial charge in [0.15, 0.2) is 0 Å². The molecule has 0 spiro atoms. The number of pyridine rings is 1. The van der Waals surface area contributed by atoms with Crippen LogP contribution in [0.2, 0.25) is 0 Å². The Kier molecular flexibility index (Phi) is 3.51. The molecule has 0 aliphatic rings. The van der Waals surface area contributed by atoms with Gasteiger partial charge in [-0.05, 0) is 24.3 Å². The summed E-state index contributed by atoms with van der Waals surface area (Å²) >= 11 is 0. The van der Waals surface area contributed by atoms with Crippen LogP contribution in [0, 0.1) is 0 Å². The Hall–Kier alpha value is -2.88. The fourth-order valence-electron chi connectivity index (χ4n) is 2.19. The number of carboxylic acids is 1. The first kappa shape index (κ1) is 13.1. The van der Waals surface area contributed by atoms with Crippen molar-refractivity contribution in [1.82, 2.24) is 4.98 Å². The average molecular weight is 279 g/mol. The first-order valence-electron chi connectivity index (χ1n) is 6.55. The zero-order chi connectivity index (χ0) is 14.7. The predicted molar refractivity (Wildman–Crippen MR) is 79.6 cm³/mol. The number of fused-ring (bicyclic) bond motifs is 1. The molecule has 1 aromatic heterocycles. The van der Waals surface area contributed by atoms with Gasteiger partial charge in [-0.3, -0.25) is 9.78 Å². The van der Waals surface area contributed by atoms with E-state index in [0.29, 0.717) is 17.1 Å². The van der Waals surface area contributed by atoms with Gasteiger partial charge >= 0.3 is 5.97 Å². The first-order valence-corrected chi connectivity index (χ1v) is 6.55. The van der Waals surface area contributed by atoms with Crippen LogP contribution in [0.1, 0.15) is 5.56 Å². The van der Waals surface area contributed by atoms with Gasteiger partial charge in [0.2, 0.25) is 0 Å². The second-order valence-electron chi connectivity index (χ2n) is 4.61. The molecular weight excluding hydrogens is 266 g/mol. The molecule has 1 heterocycles. The molecule has 0 aliphatic carbocycles. The number of nitrogens with zero attached hydrogens (tertiary/aromatic N) is 1. The minimum atomic E-state index is -0.884. The third kappa shape index (κ3) is 2.84. The Morgan fingerprint density at radius 2 is 1.76 bits per heavy atom. The van der Waals surface area contributed by atoms with E-state index < -0.39 is 5.97 Å². The molecule has 0 atom stereocenters. The zero-order valence-corrected chi connectivity index (χ0v) is 11.2. The smallest absolute Gasteiger partial charge is 0.307 e. The molecule has 4 heteroatoms. The van der Waals surface area contributed by atoms with Crippen molar-refractivity contribution in [2.24, 2.45) is 0 Å². The van der Waals surface area contributed by atoms with Crippen LogP contribution in [0.5, 0.6) is 11.5 Å². The summed E-state index contributed by atoms with van der Waals surface area (Å²) in [6.45, 7) is 0. The molecule has 1 N–H and O–H groups in total. The first-order chi connectivity index (χ1) is 10.2. The zero-order valence-electron chi connectivity index (χ0n) is 11.2. The Morgan fingerprint density at radius 3 is 2.62 bits per heavy atom. The van der Waals surface area contributed by atoms with Gasteiger partial charge in [-0.1, -0.05) is 30.3 Å². The highest BCUT2D eigenvalue weighted by molar-refractivity contribution is 5.85. The normalized spacial score (nSPS) is 10.5. The molecule has 0 fully saturated rings. The summed E-state index contributed by atoms with van der Waals surface area (Å²) in [7, 11) is 0. The van der Waals surface area contributed by atoms with E-state index in [-0.39, 0.29) is 6.42 Å². The van der Waals surface area contributed by atoms with E-state index in [0.717, 1.165) is 10.9 Å². The number of para-hydroxylation sites is 2. The fourth-order valence-corrected chi connectivity index (χ4v) is 2.19. The Bertz CT molecular complexity index is 793. The van der Waals surface area contributed by atoms with E-state index in [1.54, 1.807) is 30.5 Å². The molecule has 0 unspecified atom stereocenters. The number of carboxylic acid groups (broad SMARTS) is 1. The van der Waals surface area contributed by atoms with Gasteiger partial charge in [-0.25, -0.2) is 0 Å². The molecule has 2 aromatic carbocycles. The van der Waals surface area contributed by atoms with Crippen LogP contribution in [0.4, 0.5) is 0 Å². The molecule has 0 radical (unpaired) electrons. The Balaban J connectivity index is 2.01. The predicted octanol–water partition coefficient (Wildman–Crippen LogP) is 3.65. The Morgan fingerprint density at radius 1 is 1.00 bits per heavy atom. The number of hydrogen-bond donors (Lipinski definition) is 1. The molecule has 0 saturated heterocycles. The maximum Gasteiger partial charge on any atom is 0.307 e. The van der Waals surface area contributed by atoms with Crippen molar-refractivity contribution in [3.63, 3.8) is 0 Å². The van der Waals surface area contributed by atoms with E-state index in [1.807, 2.05) is 30.3 Å². The van der Waals surface area contributed by atoms with Crippen molar-refractivity contribution >= 4 is 16.9 Å². The van der Waals surface area contributed by atoms with Crippen LogP contribution >= 0.6 is 0 Å². The van der Waals surface area contributed by atoms with Gasteiger partial charge in [0, 0.05) is 17.1 Å². The lowest BCUT2D eigenvalue weighted by molar-refractivity contribution is -0.136. The number of aliphatic carboxylic acids is 1. The number of aromatic nitrogens is 1. The van der Waals surface area contributed by atoms with Crippen molar-refractivity contribution in [2.75, 3.05) is 0 Å². The molecule has 4 nitrogen and oxygen atoms in total. The minimum Gasteiger partial charge on any atom is -0.481 e. The highest BCUT2D eigenvalue weighted by atomic mass is 16.5. The van der Waals surface area contributed by atoms with Gasteiger partial charge in [0.1, 0.15) is 11.5 Å². The quantitative estimate of drug-likeness (QED) is 0.791. The summed E-state index contributed by atoms with van der Waals surface area (Å²) in [5.41, 5.74) is 1.48. The summed E-state index contributed by atoms with van der Waals surface area (Å²) in [5, 5.41) is 9.86. The highest BCUT2D eigenvalue weighted by Crippen LogP contribution is 2.30. The van der Waals surface area contributed by atoms with Crippen LogP contribution in [0.25, 0.3) is 10.9 Å². The largest absolute Gasteiger partial charge is 0.481 e. The lowest BCUT2D eigenvalue weighted by Crippen LogP contribution is -2.02. The topological polar surface area (TPSA) is 59.4 Å². The lowest BCUT2D eigenvalue weighted by Gasteiger charge is -2.11. The van der Waals surface area contributed by atoms with E-state index in [9.17, 15) is 4.79 Å². The number of carbonyl (C=O) groups is 1. The second-order valence-corrected chi connectivity index (χ2v) is 4.61. The molecule has 0 saturated carbocycles. The molecule has 0 aliphatic heterocycles. The van der Waals surface area contributed by atoms with Crippen LogP contribution in [-0.2, 0) is 11.2 Å². The summed E-state index contributed by atoms with van der Waals surface area (Å²) in [6, 6.07) is 16.6. The molecule has 0 amide bonds. The SMILES string of the molecule is O=C(O)Cc1ccccc1Oc1ccnc2ccccc12. The van der Waals surface area contributed by atoms with Gasteiger partial charge in [0.25, 0.3) is 0 Å². The molecular formula is C17H13NO3. The van der Waals surface area contributed by atoms with Crippen molar-refractivity contribution < 1.29 is 14.6 Å². The molecule has 0 bridgehead atoms. The van der Waals surface area contributed by atoms with Gasteiger partial charge in [-0.2, -0.15) is 0 Å². The van der Waals surface area contributed by atoms with E-state index >= 15 is 0 Å².